The maximum Gasteiger partial charge on any atom is 0.205 e. The minimum absolute atomic E-state index is 0.145. The van der Waals surface area contributed by atoms with Crippen molar-refractivity contribution in [3.05, 3.63) is 82.2 Å². The SMILES string of the molecule is CSc1ccc(C2C(C#N)=C(N)Oc3c2cc(Cl)c2ccccc32)cc1. The van der Waals surface area contributed by atoms with Gasteiger partial charge in [0.15, 0.2) is 0 Å². The zero-order valence-corrected chi connectivity index (χ0v) is 15.6. The molecule has 128 valence electrons. The number of rotatable bonds is 2. The summed E-state index contributed by atoms with van der Waals surface area (Å²) >= 11 is 8.21. The van der Waals surface area contributed by atoms with E-state index < -0.39 is 0 Å². The predicted molar refractivity (Wildman–Crippen MR) is 106 cm³/mol. The molecule has 3 nitrogen and oxygen atoms in total. The lowest BCUT2D eigenvalue weighted by Gasteiger charge is -2.28. The highest BCUT2D eigenvalue weighted by atomic mass is 35.5. The van der Waals surface area contributed by atoms with E-state index in [9.17, 15) is 5.26 Å². The smallest absolute Gasteiger partial charge is 0.205 e. The number of allylic oxidation sites excluding steroid dienone is 1. The first-order valence-electron chi connectivity index (χ1n) is 8.06. The summed E-state index contributed by atoms with van der Waals surface area (Å²) in [4.78, 5) is 1.16. The quantitative estimate of drug-likeness (QED) is 0.604. The molecule has 0 amide bonds. The van der Waals surface area contributed by atoms with Crippen LogP contribution in [-0.2, 0) is 0 Å². The number of halogens is 1. The Morgan fingerprint density at radius 2 is 1.81 bits per heavy atom. The Morgan fingerprint density at radius 1 is 1.12 bits per heavy atom. The number of fused-ring (bicyclic) bond motifs is 3. The topological polar surface area (TPSA) is 59.0 Å². The van der Waals surface area contributed by atoms with Crippen molar-refractivity contribution in [3.63, 3.8) is 0 Å². The van der Waals surface area contributed by atoms with Crippen LogP contribution < -0.4 is 10.5 Å². The van der Waals surface area contributed by atoms with Crippen molar-refractivity contribution in [2.24, 2.45) is 5.73 Å². The lowest BCUT2D eigenvalue weighted by molar-refractivity contribution is 0.398. The Hall–Kier alpha value is -2.61. The van der Waals surface area contributed by atoms with Crippen molar-refractivity contribution in [2.75, 3.05) is 6.26 Å². The van der Waals surface area contributed by atoms with E-state index in [0.29, 0.717) is 16.3 Å². The minimum atomic E-state index is -0.304. The number of ether oxygens (including phenoxy) is 1. The van der Waals surface area contributed by atoms with Crippen LogP contribution in [0, 0.1) is 11.3 Å². The molecule has 0 bridgehead atoms. The Morgan fingerprint density at radius 3 is 2.46 bits per heavy atom. The summed E-state index contributed by atoms with van der Waals surface area (Å²) in [5.41, 5.74) is 8.36. The van der Waals surface area contributed by atoms with E-state index in [1.807, 2.05) is 60.9 Å². The molecule has 5 heteroatoms. The van der Waals surface area contributed by atoms with Gasteiger partial charge in [0.25, 0.3) is 0 Å². The third-order valence-electron chi connectivity index (χ3n) is 4.62. The van der Waals surface area contributed by atoms with Crippen molar-refractivity contribution < 1.29 is 4.74 Å². The Balaban J connectivity index is 2.00. The number of nitrogens with two attached hydrogens (primary N) is 1. The van der Waals surface area contributed by atoms with Gasteiger partial charge in [-0.2, -0.15) is 5.26 Å². The molecular weight excluding hydrogens is 364 g/mol. The summed E-state index contributed by atoms with van der Waals surface area (Å²) in [5, 5.41) is 12.1. The van der Waals surface area contributed by atoms with Crippen LogP contribution in [0.5, 0.6) is 5.75 Å². The first-order chi connectivity index (χ1) is 12.6. The zero-order valence-electron chi connectivity index (χ0n) is 14.0. The standard InChI is InChI=1S/C21H15ClN2OS/c1-26-13-8-6-12(7-9-13)19-16-10-18(22)14-4-2-3-5-15(14)20(16)25-21(24)17(19)11-23/h2-10,19H,24H2,1H3. The van der Waals surface area contributed by atoms with Crippen LogP contribution in [0.1, 0.15) is 17.0 Å². The van der Waals surface area contributed by atoms with Crippen LogP contribution in [-0.4, -0.2) is 6.26 Å². The van der Waals surface area contributed by atoms with Gasteiger partial charge in [0.05, 0.1) is 5.92 Å². The summed E-state index contributed by atoms with van der Waals surface area (Å²) < 4.78 is 5.87. The molecule has 4 rings (SSSR count). The van der Waals surface area contributed by atoms with E-state index in [0.717, 1.165) is 26.8 Å². The molecule has 0 aliphatic carbocycles. The number of hydrogen-bond acceptors (Lipinski definition) is 4. The van der Waals surface area contributed by atoms with E-state index in [1.54, 1.807) is 11.8 Å². The summed E-state index contributed by atoms with van der Waals surface area (Å²) in [7, 11) is 0. The highest BCUT2D eigenvalue weighted by Crippen LogP contribution is 2.47. The molecule has 26 heavy (non-hydrogen) atoms. The fraction of sp³-hybridized carbons (Fsp3) is 0.0952. The van der Waals surface area contributed by atoms with Crippen LogP contribution in [0.4, 0.5) is 0 Å². The number of thioether (sulfide) groups is 1. The number of nitriles is 1. The normalized spacial score (nSPS) is 16.1. The molecule has 0 radical (unpaired) electrons. The van der Waals surface area contributed by atoms with Crippen LogP contribution >= 0.6 is 23.4 Å². The molecule has 1 unspecified atom stereocenters. The Bertz CT molecular complexity index is 1080. The molecule has 3 aromatic carbocycles. The molecule has 2 N–H and O–H groups in total. The first kappa shape index (κ1) is 16.8. The summed E-state index contributed by atoms with van der Waals surface area (Å²) in [6.07, 6.45) is 2.03. The maximum atomic E-state index is 9.70. The van der Waals surface area contributed by atoms with Gasteiger partial charge in [0, 0.05) is 26.3 Å². The van der Waals surface area contributed by atoms with Crippen LogP contribution in [0.15, 0.2) is 70.9 Å². The van der Waals surface area contributed by atoms with Crippen molar-refractivity contribution in [1.29, 1.82) is 5.26 Å². The predicted octanol–water partition coefficient (Wildman–Crippen LogP) is 5.43. The molecule has 1 aliphatic heterocycles. The molecule has 1 heterocycles. The third-order valence-corrected chi connectivity index (χ3v) is 5.68. The highest BCUT2D eigenvalue weighted by Gasteiger charge is 2.32. The van der Waals surface area contributed by atoms with E-state index in [4.69, 9.17) is 22.1 Å². The molecule has 1 atom stereocenters. The molecule has 0 spiro atoms. The molecule has 1 aliphatic rings. The molecule has 0 saturated heterocycles. The van der Waals surface area contributed by atoms with Gasteiger partial charge in [-0.3, -0.25) is 0 Å². The van der Waals surface area contributed by atoms with Gasteiger partial charge in [-0.15, -0.1) is 11.8 Å². The monoisotopic (exact) mass is 378 g/mol. The van der Waals surface area contributed by atoms with Crippen LogP contribution in [0.3, 0.4) is 0 Å². The minimum Gasteiger partial charge on any atom is -0.440 e. The number of benzene rings is 3. The van der Waals surface area contributed by atoms with Gasteiger partial charge in [0.2, 0.25) is 5.88 Å². The maximum absolute atomic E-state index is 9.70. The number of hydrogen-bond donors (Lipinski definition) is 1. The van der Waals surface area contributed by atoms with Crippen molar-refractivity contribution in [1.82, 2.24) is 0 Å². The van der Waals surface area contributed by atoms with Gasteiger partial charge in [-0.25, -0.2) is 0 Å². The first-order valence-corrected chi connectivity index (χ1v) is 9.67. The van der Waals surface area contributed by atoms with Crippen molar-refractivity contribution >= 4 is 34.1 Å². The van der Waals surface area contributed by atoms with Crippen molar-refractivity contribution in [3.8, 4) is 11.8 Å². The van der Waals surface area contributed by atoms with Gasteiger partial charge in [-0.05, 0) is 30.0 Å². The summed E-state index contributed by atoms with van der Waals surface area (Å²) in [5.74, 6) is 0.508. The fourth-order valence-corrected chi connectivity index (χ4v) is 4.07. The van der Waals surface area contributed by atoms with Gasteiger partial charge < -0.3 is 10.5 Å². The molecule has 0 aromatic heterocycles. The van der Waals surface area contributed by atoms with E-state index in [2.05, 4.69) is 6.07 Å². The lowest BCUT2D eigenvalue weighted by atomic mass is 9.82. The second-order valence-electron chi connectivity index (χ2n) is 6.02. The van der Waals surface area contributed by atoms with E-state index in [1.165, 1.54) is 0 Å². The number of nitrogens with zero attached hydrogens (tertiary/aromatic N) is 1. The highest BCUT2D eigenvalue weighted by molar-refractivity contribution is 7.98. The third kappa shape index (κ3) is 2.61. The lowest BCUT2D eigenvalue weighted by Crippen LogP contribution is -2.21. The van der Waals surface area contributed by atoms with Gasteiger partial charge in [-0.1, -0.05) is 48.0 Å². The Kier molecular flexibility index (Phi) is 4.28. The average molecular weight is 379 g/mol. The molecule has 0 fully saturated rings. The second-order valence-corrected chi connectivity index (χ2v) is 7.31. The van der Waals surface area contributed by atoms with Crippen LogP contribution in [0.2, 0.25) is 5.02 Å². The summed E-state index contributed by atoms with van der Waals surface area (Å²) in [6, 6.07) is 20.0. The van der Waals surface area contributed by atoms with E-state index >= 15 is 0 Å². The van der Waals surface area contributed by atoms with Gasteiger partial charge >= 0.3 is 0 Å². The average Bonchev–Trinajstić information content (AvgIpc) is 2.68. The molecule has 0 saturated carbocycles. The Labute approximate surface area is 161 Å². The molecule has 3 aromatic rings. The summed E-state index contributed by atoms with van der Waals surface area (Å²) in [6.45, 7) is 0. The second kappa shape index (κ2) is 6.60. The fourth-order valence-electron chi connectivity index (χ4n) is 3.38. The van der Waals surface area contributed by atoms with E-state index in [-0.39, 0.29) is 11.8 Å². The van der Waals surface area contributed by atoms with Gasteiger partial charge in [0.1, 0.15) is 17.4 Å². The largest absolute Gasteiger partial charge is 0.440 e. The van der Waals surface area contributed by atoms with Crippen molar-refractivity contribution in [2.45, 2.75) is 10.8 Å². The zero-order chi connectivity index (χ0) is 18.3. The van der Waals surface area contributed by atoms with Crippen LogP contribution in [0.25, 0.3) is 10.8 Å². The molecular formula is C21H15ClN2OS.